The highest BCUT2D eigenvalue weighted by molar-refractivity contribution is 5.55. The van der Waals surface area contributed by atoms with Crippen molar-refractivity contribution in [3.05, 3.63) is 29.3 Å². The summed E-state index contributed by atoms with van der Waals surface area (Å²) in [5, 5.41) is 0. The number of rotatable bonds is 3. The van der Waals surface area contributed by atoms with Crippen molar-refractivity contribution in [3.8, 4) is 0 Å². The Balaban J connectivity index is 2.19. The van der Waals surface area contributed by atoms with Gasteiger partial charge in [0.05, 0.1) is 0 Å². The van der Waals surface area contributed by atoms with Gasteiger partial charge in [0.25, 0.3) is 0 Å². The summed E-state index contributed by atoms with van der Waals surface area (Å²) in [6, 6.07) is 7.73. The largest absolute Gasteiger partial charge is 0.369 e. The van der Waals surface area contributed by atoms with Crippen LogP contribution >= 0.6 is 0 Å². The Morgan fingerprint density at radius 1 is 1.47 bits per heavy atom. The van der Waals surface area contributed by atoms with E-state index in [2.05, 4.69) is 43.9 Å². The average molecular weight is 232 g/mol. The van der Waals surface area contributed by atoms with Crippen molar-refractivity contribution in [3.63, 3.8) is 0 Å². The summed E-state index contributed by atoms with van der Waals surface area (Å²) in [5.41, 5.74) is 9.99. The molecule has 1 saturated heterocycles. The van der Waals surface area contributed by atoms with Gasteiger partial charge in [-0.05, 0) is 57.2 Å². The summed E-state index contributed by atoms with van der Waals surface area (Å²) in [4.78, 5) is 2.53. The minimum Gasteiger partial charge on any atom is -0.369 e. The highest BCUT2D eigenvalue weighted by Crippen LogP contribution is 2.28. The van der Waals surface area contributed by atoms with Gasteiger partial charge in [0, 0.05) is 24.3 Å². The third kappa shape index (κ3) is 2.81. The topological polar surface area (TPSA) is 29.3 Å². The van der Waals surface area contributed by atoms with Crippen LogP contribution in [-0.2, 0) is 6.42 Å². The number of anilines is 1. The van der Waals surface area contributed by atoms with E-state index >= 15 is 0 Å². The van der Waals surface area contributed by atoms with E-state index in [1.54, 1.807) is 0 Å². The minimum atomic E-state index is 0.242. The van der Waals surface area contributed by atoms with E-state index in [-0.39, 0.29) is 6.04 Å². The number of hydrogen-bond acceptors (Lipinski definition) is 2. The molecule has 0 amide bonds. The summed E-state index contributed by atoms with van der Waals surface area (Å²) < 4.78 is 0. The first-order valence-electron chi connectivity index (χ1n) is 6.69. The Labute approximate surface area is 105 Å². The summed E-state index contributed by atoms with van der Waals surface area (Å²) in [7, 11) is 0. The molecule has 1 aromatic carbocycles. The maximum atomic E-state index is 5.85. The van der Waals surface area contributed by atoms with Gasteiger partial charge in [-0.25, -0.2) is 0 Å². The van der Waals surface area contributed by atoms with E-state index in [0.717, 1.165) is 6.42 Å². The van der Waals surface area contributed by atoms with Crippen LogP contribution in [0, 0.1) is 6.92 Å². The molecule has 0 spiro atoms. The van der Waals surface area contributed by atoms with Crippen molar-refractivity contribution >= 4 is 5.69 Å². The van der Waals surface area contributed by atoms with Crippen LogP contribution in [0.5, 0.6) is 0 Å². The molecule has 17 heavy (non-hydrogen) atoms. The molecule has 94 valence electrons. The van der Waals surface area contributed by atoms with Crippen molar-refractivity contribution in [1.82, 2.24) is 0 Å². The molecule has 2 rings (SSSR count). The van der Waals surface area contributed by atoms with Gasteiger partial charge in [0.15, 0.2) is 0 Å². The number of nitrogens with two attached hydrogens (primary N) is 1. The van der Waals surface area contributed by atoms with Gasteiger partial charge in [0.2, 0.25) is 0 Å². The molecule has 2 heteroatoms. The first kappa shape index (κ1) is 12.4. The lowest BCUT2D eigenvalue weighted by Gasteiger charge is -2.26. The lowest BCUT2D eigenvalue weighted by Crippen LogP contribution is -2.27. The fraction of sp³-hybridized carbons (Fsp3) is 0.600. The Hall–Kier alpha value is -1.02. The third-order valence-electron chi connectivity index (χ3n) is 3.68. The van der Waals surface area contributed by atoms with E-state index in [4.69, 9.17) is 5.73 Å². The lowest BCUT2D eigenvalue weighted by molar-refractivity contribution is 0.728. The quantitative estimate of drug-likeness (QED) is 0.868. The van der Waals surface area contributed by atoms with Crippen LogP contribution in [0.4, 0.5) is 5.69 Å². The standard InChI is InChI=1S/C15H24N2/c1-11-9-14(10-12(2)16)6-7-15(11)17-8-4-5-13(17)3/h6-7,9,12-13H,4-5,8,10,16H2,1-3H3. The highest BCUT2D eigenvalue weighted by Gasteiger charge is 2.21. The Morgan fingerprint density at radius 3 is 2.76 bits per heavy atom. The second kappa shape index (κ2) is 5.09. The van der Waals surface area contributed by atoms with Gasteiger partial charge in [-0.1, -0.05) is 12.1 Å². The van der Waals surface area contributed by atoms with E-state index in [1.807, 2.05) is 0 Å². The maximum absolute atomic E-state index is 5.85. The van der Waals surface area contributed by atoms with Gasteiger partial charge < -0.3 is 10.6 Å². The number of nitrogens with zero attached hydrogens (tertiary/aromatic N) is 1. The van der Waals surface area contributed by atoms with E-state index in [9.17, 15) is 0 Å². The van der Waals surface area contributed by atoms with Crippen molar-refractivity contribution in [2.24, 2.45) is 5.73 Å². The number of hydrogen-bond donors (Lipinski definition) is 1. The second-order valence-electron chi connectivity index (χ2n) is 5.49. The van der Waals surface area contributed by atoms with E-state index in [1.165, 1.54) is 36.2 Å². The molecule has 2 N–H and O–H groups in total. The van der Waals surface area contributed by atoms with Crippen LogP contribution in [0.1, 0.15) is 37.8 Å². The Kier molecular flexibility index (Phi) is 3.72. The molecule has 2 atom stereocenters. The molecule has 1 heterocycles. The molecule has 2 unspecified atom stereocenters. The van der Waals surface area contributed by atoms with Crippen LogP contribution in [0.25, 0.3) is 0 Å². The molecule has 1 aliphatic heterocycles. The Morgan fingerprint density at radius 2 is 2.24 bits per heavy atom. The van der Waals surface area contributed by atoms with Crippen molar-refractivity contribution < 1.29 is 0 Å². The van der Waals surface area contributed by atoms with Crippen molar-refractivity contribution in [2.75, 3.05) is 11.4 Å². The molecule has 0 saturated carbocycles. The van der Waals surface area contributed by atoms with Crippen LogP contribution in [-0.4, -0.2) is 18.6 Å². The highest BCUT2D eigenvalue weighted by atomic mass is 15.2. The van der Waals surface area contributed by atoms with Crippen LogP contribution in [0.2, 0.25) is 0 Å². The van der Waals surface area contributed by atoms with Gasteiger partial charge >= 0.3 is 0 Å². The molecule has 1 fully saturated rings. The number of benzene rings is 1. The zero-order valence-corrected chi connectivity index (χ0v) is 11.2. The summed E-state index contributed by atoms with van der Waals surface area (Å²) in [5.74, 6) is 0. The normalized spacial score (nSPS) is 21.9. The van der Waals surface area contributed by atoms with Gasteiger partial charge in [-0.3, -0.25) is 0 Å². The molecule has 0 radical (unpaired) electrons. The van der Waals surface area contributed by atoms with Crippen molar-refractivity contribution in [1.29, 1.82) is 0 Å². The first-order chi connectivity index (χ1) is 8.08. The summed E-state index contributed by atoms with van der Waals surface area (Å²) >= 11 is 0. The first-order valence-corrected chi connectivity index (χ1v) is 6.69. The molecule has 1 aliphatic rings. The maximum Gasteiger partial charge on any atom is 0.0398 e. The smallest absolute Gasteiger partial charge is 0.0398 e. The zero-order chi connectivity index (χ0) is 12.4. The van der Waals surface area contributed by atoms with Gasteiger partial charge in [-0.15, -0.1) is 0 Å². The molecule has 0 bridgehead atoms. The summed E-state index contributed by atoms with van der Waals surface area (Å²) in [6.45, 7) is 7.80. The Bertz CT molecular complexity index is 385. The predicted molar refractivity (Wildman–Crippen MR) is 74.6 cm³/mol. The third-order valence-corrected chi connectivity index (χ3v) is 3.68. The van der Waals surface area contributed by atoms with Gasteiger partial charge in [-0.2, -0.15) is 0 Å². The van der Waals surface area contributed by atoms with Crippen LogP contribution in [0.15, 0.2) is 18.2 Å². The monoisotopic (exact) mass is 232 g/mol. The van der Waals surface area contributed by atoms with E-state index in [0.29, 0.717) is 6.04 Å². The molecular formula is C15H24N2. The molecule has 0 aromatic heterocycles. The average Bonchev–Trinajstić information content (AvgIpc) is 2.64. The van der Waals surface area contributed by atoms with Crippen molar-refractivity contribution in [2.45, 2.75) is 52.1 Å². The summed E-state index contributed by atoms with van der Waals surface area (Å²) in [6.07, 6.45) is 3.61. The van der Waals surface area contributed by atoms with Crippen LogP contribution in [0.3, 0.4) is 0 Å². The van der Waals surface area contributed by atoms with E-state index < -0.39 is 0 Å². The predicted octanol–water partition coefficient (Wildman–Crippen LogP) is 2.87. The van der Waals surface area contributed by atoms with Gasteiger partial charge in [0.1, 0.15) is 0 Å². The zero-order valence-electron chi connectivity index (χ0n) is 11.2. The molecular weight excluding hydrogens is 208 g/mol. The second-order valence-corrected chi connectivity index (χ2v) is 5.49. The minimum absolute atomic E-state index is 0.242. The molecule has 2 nitrogen and oxygen atoms in total. The fourth-order valence-corrected chi connectivity index (χ4v) is 2.83. The molecule has 0 aliphatic carbocycles. The molecule has 1 aromatic rings. The fourth-order valence-electron chi connectivity index (χ4n) is 2.83. The van der Waals surface area contributed by atoms with Crippen LogP contribution < -0.4 is 10.6 Å². The SMILES string of the molecule is Cc1cc(CC(C)N)ccc1N1CCCC1C. The number of aryl methyl sites for hydroxylation is 1. The lowest BCUT2D eigenvalue weighted by atomic mass is 10.0.